The standard InChI is InChI=1S/C20H22N2O4S/c23-17(12-11-15-7-3-1-4-8-15)21-13-18(24)22-19(27)20(25)26-14-16-9-5-2-6-10-16/h1-10,19,27H,11-14H2,(H,21,23)(H,22,24). The van der Waals surface area contributed by atoms with Gasteiger partial charge in [-0.15, -0.1) is 12.6 Å². The molecule has 0 aliphatic heterocycles. The number of ether oxygens (including phenoxy) is 1. The molecule has 2 rings (SSSR count). The van der Waals surface area contributed by atoms with Crippen molar-refractivity contribution in [1.29, 1.82) is 0 Å². The maximum Gasteiger partial charge on any atom is 0.339 e. The molecule has 2 N–H and O–H groups in total. The summed E-state index contributed by atoms with van der Waals surface area (Å²) >= 11 is 4.03. The molecule has 2 aromatic rings. The molecule has 1 unspecified atom stereocenters. The van der Waals surface area contributed by atoms with Gasteiger partial charge in [-0.2, -0.15) is 0 Å². The Labute approximate surface area is 163 Å². The summed E-state index contributed by atoms with van der Waals surface area (Å²) in [5, 5.41) is 3.80. The van der Waals surface area contributed by atoms with Crippen LogP contribution in [0, 0.1) is 0 Å². The average Bonchev–Trinajstić information content (AvgIpc) is 2.70. The Morgan fingerprint density at radius 3 is 2.11 bits per heavy atom. The van der Waals surface area contributed by atoms with Crippen LogP contribution in [0.5, 0.6) is 0 Å². The van der Waals surface area contributed by atoms with Crippen LogP contribution in [-0.4, -0.2) is 29.7 Å². The fourth-order valence-electron chi connectivity index (χ4n) is 2.24. The highest BCUT2D eigenvalue weighted by Crippen LogP contribution is 2.04. The van der Waals surface area contributed by atoms with Crippen LogP contribution in [0.3, 0.4) is 0 Å². The quantitative estimate of drug-likeness (QED) is 0.349. The van der Waals surface area contributed by atoms with Crippen molar-refractivity contribution in [2.45, 2.75) is 24.8 Å². The SMILES string of the molecule is O=C(CCc1ccccc1)NCC(=O)NC(S)C(=O)OCc1ccccc1. The van der Waals surface area contributed by atoms with Gasteiger partial charge in [-0.1, -0.05) is 60.7 Å². The van der Waals surface area contributed by atoms with Gasteiger partial charge in [0.05, 0.1) is 6.54 Å². The highest BCUT2D eigenvalue weighted by Gasteiger charge is 2.18. The van der Waals surface area contributed by atoms with Crippen molar-refractivity contribution in [3.05, 3.63) is 71.8 Å². The Bertz CT molecular complexity index is 753. The molecule has 0 aromatic heterocycles. The van der Waals surface area contributed by atoms with Crippen LogP contribution in [0.15, 0.2) is 60.7 Å². The van der Waals surface area contributed by atoms with Crippen molar-refractivity contribution in [3.8, 4) is 0 Å². The first kappa shape index (κ1) is 20.5. The van der Waals surface area contributed by atoms with Crippen molar-refractivity contribution >= 4 is 30.4 Å². The second-order valence-electron chi connectivity index (χ2n) is 5.83. The predicted molar refractivity (Wildman–Crippen MR) is 105 cm³/mol. The highest BCUT2D eigenvalue weighted by atomic mass is 32.1. The molecule has 0 bridgehead atoms. The highest BCUT2D eigenvalue weighted by molar-refractivity contribution is 7.81. The van der Waals surface area contributed by atoms with E-state index < -0.39 is 17.3 Å². The van der Waals surface area contributed by atoms with E-state index in [4.69, 9.17) is 4.74 Å². The predicted octanol–water partition coefficient (Wildman–Crippen LogP) is 1.85. The van der Waals surface area contributed by atoms with E-state index in [1.165, 1.54) is 0 Å². The Morgan fingerprint density at radius 2 is 1.48 bits per heavy atom. The summed E-state index contributed by atoms with van der Waals surface area (Å²) in [6.45, 7) is -0.126. The number of carbonyl (C=O) groups excluding carboxylic acids is 3. The summed E-state index contributed by atoms with van der Waals surface area (Å²) in [6, 6.07) is 18.8. The number of aryl methyl sites for hydroxylation is 1. The molecule has 1 atom stereocenters. The lowest BCUT2D eigenvalue weighted by atomic mass is 10.1. The van der Waals surface area contributed by atoms with Gasteiger partial charge in [-0.05, 0) is 17.5 Å². The summed E-state index contributed by atoms with van der Waals surface area (Å²) in [5.74, 6) is -1.41. The fourth-order valence-corrected chi connectivity index (χ4v) is 2.46. The van der Waals surface area contributed by atoms with Gasteiger partial charge in [0, 0.05) is 6.42 Å². The molecule has 0 heterocycles. The number of rotatable bonds is 9. The normalized spacial score (nSPS) is 11.3. The minimum absolute atomic E-state index is 0.100. The van der Waals surface area contributed by atoms with E-state index in [0.717, 1.165) is 11.1 Å². The van der Waals surface area contributed by atoms with Crippen LogP contribution < -0.4 is 10.6 Å². The second kappa shape index (κ2) is 11.0. The number of hydrogen-bond donors (Lipinski definition) is 3. The first-order valence-corrected chi connectivity index (χ1v) is 9.05. The molecule has 0 aliphatic carbocycles. The third-order valence-electron chi connectivity index (χ3n) is 3.67. The summed E-state index contributed by atoms with van der Waals surface area (Å²) in [6.07, 6.45) is 0.871. The number of esters is 1. The number of carbonyl (C=O) groups is 3. The molecular formula is C20H22N2O4S. The maximum atomic E-state index is 11.8. The second-order valence-corrected chi connectivity index (χ2v) is 6.34. The van der Waals surface area contributed by atoms with E-state index in [0.29, 0.717) is 6.42 Å². The van der Waals surface area contributed by atoms with Crippen molar-refractivity contribution in [2.75, 3.05) is 6.54 Å². The number of amides is 2. The molecule has 6 nitrogen and oxygen atoms in total. The van der Waals surface area contributed by atoms with Gasteiger partial charge in [-0.25, -0.2) is 4.79 Å². The first-order chi connectivity index (χ1) is 13.0. The number of thiol groups is 1. The van der Waals surface area contributed by atoms with Crippen LogP contribution in [0.25, 0.3) is 0 Å². The molecule has 0 saturated heterocycles. The summed E-state index contributed by atoms with van der Waals surface area (Å²) < 4.78 is 5.09. The molecule has 27 heavy (non-hydrogen) atoms. The van der Waals surface area contributed by atoms with E-state index in [1.54, 1.807) is 0 Å². The number of benzene rings is 2. The van der Waals surface area contributed by atoms with Crippen molar-refractivity contribution in [2.24, 2.45) is 0 Å². The van der Waals surface area contributed by atoms with Crippen LogP contribution in [0.2, 0.25) is 0 Å². The van der Waals surface area contributed by atoms with Crippen LogP contribution in [-0.2, 0) is 32.1 Å². The smallest absolute Gasteiger partial charge is 0.339 e. The van der Waals surface area contributed by atoms with Crippen molar-refractivity contribution in [3.63, 3.8) is 0 Å². The molecule has 2 aromatic carbocycles. The van der Waals surface area contributed by atoms with Crippen LogP contribution in [0.4, 0.5) is 0 Å². The lowest BCUT2D eigenvalue weighted by Gasteiger charge is -2.13. The van der Waals surface area contributed by atoms with Gasteiger partial charge < -0.3 is 15.4 Å². The van der Waals surface area contributed by atoms with Crippen LogP contribution in [0.1, 0.15) is 17.5 Å². The van der Waals surface area contributed by atoms with E-state index in [-0.39, 0.29) is 25.5 Å². The summed E-state index contributed by atoms with van der Waals surface area (Å²) in [7, 11) is 0. The zero-order valence-electron chi connectivity index (χ0n) is 14.8. The first-order valence-electron chi connectivity index (χ1n) is 8.53. The maximum absolute atomic E-state index is 11.8. The van der Waals surface area contributed by atoms with Crippen molar-refractivity contribution < 1.29 is 19.1 Å². The lowest BCUT2D eigenvalue weighted by molar-refractivity contribution is -0.146. The van der Waals surface area contributed by atoms with Crippen LogP contribution >= 0.6 is 12.6 Å². The van der Waals surface area contributed by atoms with E-state index in [2.05, 4.69) is 23.3 Å². The largest absolute Gasteiger partial charge is 0.459 e. The van der Waals surface area contributed by atoms with Gasteiger partial charge in [0.2, 0.25) is 11.8 Å². The molecule has 142 valence electrons. The van der Waals surface area contributed by atoms with Gasteiger partial charge in [0.15, 0.2) is 5.37 Å². The molecule has 0 spiro atoms. The molecule has 0 fully saturated rings. The van der Waals surface area contributed by atoms with E-state index in [9.17, 15) is 14.4 Å². The molecule has 7 heteroatoms. The monoisotopic (exact) mass is 386 g/mol. The third kappa shape index (κ3) is 7.96. The van der Waals surface area contributed by atoms with Gasteiger partial charge in [0.25, 0.3) is 0 Å². The van der Waals surface area contributed by atoms with Gasteiger partial charge in [-0.3, -0.25) is 9.59 Å². The Kier molecular flexibility index (Phi) is 8.38. The minimum atomic E-state index is -1.09. The molecule has 2 amide bonds. The molecule has 0 aliphatic rings. The third-order valence-corrected chi connectivity index (χ3v) is 4.01. The number of hydrogen-bond acceptors (Lipinski definition) is 5. The number of nitrogens with one attached hydrogen (secondary N) is 2. The molecule has 0 saturated carbocycles. The summed E-state index contributed by atoms with van der Waals surface area (Å²) in [4.78, 5) is 35.5. The Morgan fingerprint density at radius 1 is 0.889 bits per heavy atom. The minimum Gasteiger partial charge on any atom is -0.459 e. The molecular weight excluding hydrogens is 364 g/mol. The van der Waals surface area contributed by atoms with E-state index in [1.807, 2.05) is 60.7 Å². The topological polar surface area (TPSA) is 84.5 Å². The average molecular weight is 386 g/mol. The van der Waals surface area contributed by atoms with E-state index >= 15 is 0 Å². The fraction of sp³-hybridized carbons (Fsp3) is 0.250. The zero-order chi connectivity index (χ0) is 19.5. The summed E-state index contributed by atoms with van der Waals surface area (Å²) in [5.41, 5.74) is 1.89. The molecule has 0 radical (unpaired) electrons. The van der Waals surface area contributed by atoms with Gasteiger partial charge in [0.1, 0.15) is 6.61 Å². The van der Waals surface area contributed by atoms with Gasteiger partial charge >= 0.3 is 5.97 Å². The Hall–Kier alpha value is -2.80. The zero-order valence-corrected chi connectivity index (χ0v) is 15.7. The van der Waals surface area contributed by atoms with Crippen molar-refractivity contribution in [1.82, 2.24) is 10.6 Å². The lowest BCUT2D eigenvalue weighted by Crippen LogP contribution is -2.43. The Balaban J connectivity index is 1.63.